The molecule has 1 aliphatic rings. The first-order valence-corrected chi connectivity index (χ1v) is 7.60. The Hall–Kier alpha value is -3.23. The van der Waals surface area contributed by atoms with Crippen LogP contribution in [0.1, 0.15) is 23.1 Å². The van der Waals surface area contributed by atoms with Crippen molar-refractivity contribution in [3.63, 3.8) is 0 Å². The van der Waals surface area contributed by atoms with Crippen LogP contribution in [0.5, 0.6) is 0 Å². The zero-order valence-corrected chi connectivity index (χ0v) is 12.9. The molecule has 0 spiro atoms. The van der Waals surface area contributed by atoms with Crippen molar-refractivity contribution >= 4 is 28.6 Å². The van der Waals surface area contributed by atoms with Gasteiger partial charge in [-0.2, -0.15) is 5.10 Å². The van der Waals surface area contributed by atoms with E-state index in [1.54, 1.807) is 6.92 Å². The van der Waals surface area contributed by atoms with Crippen molar-refractivity contribution < 1.29 is 9.72 Å². The lowest BCUT2D eigenvalue weighted by atomic mass is 10.2. The number of carbonyl (C=O) groups is 1. The predicted molar refractivity (Wildman–Crippen MR) is 86.0 cm³/mol. The SMILES string of the molecule is CCc1[nH]nc(C(=O)N2CCn3c2nc2ccccc23)c1[N+](=O)[O-]. The fraction of sp³-hybridized carbons (Fsp3) is 0.267. The van der Waals surface area contributed by atoms with Gasteiger partial charge in [0.05, 0.1) is 16.0 Å². The van der Waals surface area contributed by atoms with Crippen LogP contribution in [0, 0.1) is 10.1 Å². The van der Waals surface area contributed by atoms with Crippen molar-refractivity contribution in [2.24, 2.45) is 0 Å². The summed E-state index contributed by atoms with van der Waals surface area (Å²) in [5.74, 6) is -0.0109. The number of nitrogens with zero attached hydrogens (tertiary/aromatic N) is 5. The van der Waals surface area contributed by atoms with Crippen molar-refractivity contribution in [2.75, 3.05) is 11.4 Å². The van der Waals surface area contributed by atoms with Gasteiger partial charge in [0.25, 0.3) is 5.91 Å². The highest BCUT2D eigenvalue weighted by Crippen LogP contribution is 2.30. The van der Waals surface area contributed by atoms with Crippen molar-refractivity contribution in [1.82, 2.24) is 19.7 Å². The van der Waals surface area contributed by atoms with Gasteiger partial charge in [0.2, 0.25) is 11.6 Å². The molecule has 1 amide bonds. The number of aromatic amines is 1. The van der Waals surface area contributed by atoms with E-state index >= 15 is 0 Å². The third kappa shape index (κ3) is 1.91. The number of nitrogens with one attached hydrogen (secondary N) is 1. The summed E-state index contributed by atoms with van der Waals surface area (Å²) < 4.78 is 1.94. The standard InChI is InChI=1S/C15H14N6O3/c1-2-9-13(21(23)24)12(18-17-9)14(22)20-8-7-19-11-6-4-3-5-10(11)16-15(19)20/h3-6H,2,7-8H2,1H3,(H,17,18). The number of aryl methyl sites for hydroxylation is 1. The summed E-state index contributed by atoms with van der Waals surface area (Å²) in [6, 6.07) is 7.60. The van der Waals surface area contributed by atoms with E-state index in [4.69, 9.17) is 0 Å². The minimum Gasteiger partial charge on any atom is -0.308 e. The molecule has 0 fully saturated rings. The Morgan fingerprint density at radius 2 is 2.17 bits per heavy atom. The highest BCUT2D eigenvalue weighted by Gasteiger charge is 2.36. The summed E-state index contributed by atoms with van der Waals surface area (Å²) in [4.78, 5) is 29.5. The summed E-state index contributed by atoms with van der Waals surface area (Å²) in [6.07, 6.45) is 0.398. The maximum absolute atomic E-state index is 12.8. The molecular weight excluding hydrogens is 312 g/mol. The molecule has 0 radical (unpaired) electrons. The molecular formula is C15H14N6O3. The molecule has 1 aromatic carbocycles. The number of nitro groups is 1. The van der Waals surface area contributed by atoms with Gasteiger partial charge in [-0.25, -0.2) is 4.98 Å². The maximum Gasteiger partial charge on any atom is 0.322 e. The lowest BCUT2D eigenvalue weighted by molar-refractivity contribution is -0.385. The number of amides is 1. The summed E-state index contributed by atoms with van der Waals surface area (Å²) >= 11 is 0. The fourth-order valence-electron chi connectivity index (χ4n) is 3.07. The molecule has 1 N–H and O–H groups in total. The van der Waals surface area contributed by atoms with Crippen LogP contribution in [-0.4, -0.2) is 37.1 Å². The monoisotopic (exact) mass is 326 g/mol. The van der Waals surface area contributed by atoms with Crippen molar-refractivity contribution in [1.29, 1.82) is 0 Å². The zero-order chi connectivity index (χ0) is 16.8. The van der Waals surface area contributed by atoms with Crippen molar-refractivity contribution in [3.05, 3.63) is 45.8 Å². The number of anilines is 1. The number of carbonyl (C=O) groups excluding carboxylic acids is 1. The molecule has 0 saturated heterocycles. The molecule has 0 unspecified atom stereocenters. The van der Waals surface area contributed by atoms with E-state index in [0.29, 0.717) is 31.2 Å². The molecule has 0 aliphatic carbocycles. The van der Waals surface area contributed by atoms with Crippen LogP contribution >= 0.6 is 0 Å². The molecule has 3 aromatic rings. The minimum absolute atomic E-state index is 0.169. The zero-order valence-electron chi connectivity index (χ0n) is 12.9. The lowest BCUT2D eigenvalue weighted by Gasteiger charge is -2.11. The molecule has 0 bridgehead atoms. The van der Waals surface area contributed by atoms with Crippen molar-refractivity contribution in [2.45, 2.75) is 19.9 Å². The van der Waals surface area contributed by atoms with Gasteiger partial charge in [0.15, 0.2) is 0 Å². The van der Waals surface area contributed by atoms with E-state index in [2.05, 4.69) is 15.2 Å². The second-order valence-corrected chi connectivity index (χ2v) is 5.52. The summed E-state index contributed by atoms with van der Waals surface area (Å²) in [5, 5.41) is 17.8. The smallest absolute Gasteiger partial charge is 0.308 e. The molecule has 0 atom stereocenters. The summed E-state index contributed by atoms with van der Waals surface area (Å²) in [6.45, 7) is 2.78. The summed E-state index contributed by atoms with van der Waals surface area (Å²) in [5.41, 5.74) is 1.65. The number of imidazole rings is 1. The number of para-hydroxylation sites is 2. The Morgan fingerprint density at radius 1 is 1.38 bits per heavy atom. The van der Waals surface area contributed by atoms with Crippen LogP contribution in [0.2, 0.25) is 0 Å². The number of fused-ring (bicyclic) bond motifs is 3. The minimum atomic E-state index is -0.561. The Labute approximate surface area is 136 Å². The van der Waals surface area contributed by atoms with Crippen molar-refractivity contribution in [3.8, 4) is 0 Å². The van der Waals surface area contributed by atoms with Gasteiger partial charge < -0.3 is 4.57 Å². The van der Waals surface area contributed by atoms with Crippen LogP contribution < -0.4 is 4.90 Å². The third-order valence-corrected chi connectivity index (χ3v) is 4.22. The summed E-state index contributed by atoms with van der Waals surface area (Å²) in [7, 11) is 0. The van der Waals surface area contributed by atoms with Gasteiger partial charge in [-0.1, -0.05) is 19.1 Å². The number of rotatable bonds is 3. The molecule has 9 nitrogen and oxygen atoms in total. The number of H-pyrrole nitrogens is 1. The predicted octanol–water partition coefficient (Wildman–Crippen LogP) is 1.89. The van der Waals surface area contributed by atoms with Crippen LogP contribution in [0.4, 0.5) is 11.6 Å². The van der Waals surface area contributed by atoms with Gasteiger partial charge in [-0.05, 0) is 18.6 Å². The van der Waals surface area contributed by atoms with Crippen LogP contribution in [0.3, 0.4) is 0 Å². The Balaban J connectivity index is 1.78. The number of hydrogen-bond donors (Lipinski definition) is 1. The lowest BCUT2D eigenvalue weighted by Crippen LogP contribution is -2.30. The van der Waals surface area contributed by atoms with Crippen LogP contribution in [0.15, 0.2) is 24.3 Å². The first-order chi connectivity index (χ1) is 11.6. The van der Waals surface area contributed by atoms with Gasteiger partial charge in [-0.15, -0.1) is 0 Å². The van der Waals surface area contributed by atoms with E-state index < -0.39 is 10.8 Å². The van der Waals surface area contributed by atoms with E-state index in [-0.39, 0.29) is 11.4 Å². The van der Waals surface area contributed by atoms with Crippen LogP contribution in [-0.2, 0) is 13.0 Å². The van der Waals surface area contributed by atoms with E-state index in [1.165, 1.54) is 4.90 Å². The molecule has 122 valence electrons. The Kier molecular flexibility index (Phi) is 3.08. The molecule has 9 heteroatoms. The Morgan fingerprint density at radius 3 is 2.92 bits per heavy atom. The highest BCUT2D eigenvalue weighted by atomic mass is 16.6. The van der Waals surface area contributed by atoms with E-state index in [9.17, 15) is 14.9 Å². The number of hydrogen-bond acceptors (Lipinski definition) is 5. The Bertz CT molecular complexity index is 973. The third-order valence-electron chi connectivity index (χ3n) is 4.22. The first-order valence-electron chi connectivity index (χ1n) is 7.60. The highest BCUT2D eigenvalue weighted by molar-refractivity contribution is 6.07. The topological polar surface area (TPSA) is 110 Å². The molecule has 1 aliphatic heterocycles. The maximum atomic E-state index is 12.8. The van der Waals surface area contributed by atoms with Gasteiger partial charge in [0.1, 0.15) is 5.69 Å². The molecule has 4 rings (SSSR count). The van der Waals surface area contributed by atoms with Gasteiger partial charge in [0, 0.05) is 13.1 Å². The van der Waals surface area contributed by atoms with Crippen LogP contribution in [0.25, 0.3) is 11.0 Å². The quantitative estimate of drug-likeness (QED) is 0.584. The first kappa shape index (κ1) is 14.4. The number of benzene rings is 1. The number of aromatic nitrogens is 4. The average Bonchev–Trinajstić information content (AvgIpc) is 3.26. The normalized spacial score (nSPS) is 13.5. The molecule has 0 saturated carbocycles. The molecule has 24 heavy (non-hydrogen) atoms. The second-order valence-electron chi connectivity index (χ2n) is 5.52. The van der Waals surface area contributed by atoms with E-state index in [0.717, 1.165) is 11.0 Å². The average molecular weight is 326 g/mol. The molecule has 3 heterocycles. The second kappa shape index (κ2) is 5.15. The van der Waals surface area contributed by atoms with E-state index in [1.807, 2.05) is 28.8 Å². The van der Waals surface area contributed by atoms with Gasteiger partial charge >= 0.3 is 5.69 Å². The molecule has 2 aromatic heterocycles. The van der Waals surface area contributed by atoms with Gasteiger partial charge in [-0.3, -0.25) is 24.9 Å². The largest absolute Gasteiger partial charge is 0.322 e. The fourth-order valence-corrected chi connectivity index (χ4v) is 3.07.